The molecule has 2 aliphatic carbocycles. The standard InChI is InChI=1S/C17H20N2/c18-17(16-13-5-1-2-6-14(13)16)12-7-8-15-11(10-12)4-3-9-19-15/h3-4,7-10,13-14,16-17H,1-2,5-6,18H2. The van der Waals surface area contributed by atoms with Gasteiger partial charge in [-0.2, -0.15) is 0 Å². The molecule has 2 heteroatoms. The Morgan fingerprint density at radius 1 is 1.11 bits per heavy atom. The maximum atomic E-state index is 6.53. The van der Waals surface area contributed by atoms with Gasteiger partial charge in [-0.05, 0) is 54.4 Å². The molecule has 2 fully saturated rings. The largest absolute Gasteiger partial charge is 0.324 e. The molecule has 0 saturated heterocycles. The highest BCUT2D eigenvalue weighted by Gasteiger charge is 2.53. The van der Waals surface area contributed by atoms with Gasteiger partial charge in [-0.1, -0.05) is 25.0 Å². The van der Waals surface area contributed by atoms with Crippen molar-refractivity contribution in [3.63, 3.8) is 0 Å². The van der Waals surface area contributed by atoms with Crippen molar-refractivity contribution in [2.24, 2.45) is 23.5 Å². The summed E-state index contributed by atoms with van der Waals surface area (Å²) in [6.07, 6.45) is 7.46. The lowest BCUT2D eigenvalue weighted by atomic mass is 9.99. The SMILES string of the molecule is NC(c1ccc2ncccc2c1)C1C2CCCCC21. The van der Waals surface area contributed by atoms with Crippen LogP contribution in [0.4, 0.5) is 0 Å². The molecular formula is C17H20N2. The lowest BCUT2D eigenvalue weighted by Gasteiger charge is -2.12. The van der Waals surface area contributed by atoms with Crippen LogP contribution >= 0.6 is 0 Å². The second kappa shape index (κ2) is 4.31. The molecule has 0 spiro atoms. The Hall–Kier alpha value is -1.41. The molecule has 0 radical (unpaired) electrons. The normalized spacial score (nSPS) is 30.9. The van der Waals surface area contributed by atoms with Crippen molar-refractivity contribution in [2.45, 2.75) is 31.7 Å². The molecule has 19 heavy (non-hydrogen) atoms. The Kier molecular flexibility index (Phi) is 2.59. The number of fused-ring (bicyclic) bond motifs is 2. The second-order valence-electron chi connectivity index (χ2n) is 6.17. The Labute approximate surface area is 114 Å². The maximum absolute atomic E-state index is 6.53. The zero-order chi connectivity index (χ0) is 12.8. The van der Waals surface area contributed by atoms with Crippen molar-refractivity contribution >= 4 is 10.9 Å². The second-order valence-corrected chi connectivity index (χ2v) is 6.17. The molecule has 3 atom stereocenters. The molecule has 3 unspecified atom stereocenters. The summed E-state index contributed by atoms with van der Waals surface area (Å²) in [7, 11) is 0. The van der Waals surface area contributed by atoms with E-state index in [1.165, 1.54) is 36.6 Å². The van der Waals surface area contributed by atoms with Gasteiger partial charge < -0.3 is 5.73 Å². The smallest absolute Gasteiger partial charge is 0.0702 e. The van der Waals surface area contributed by atoms with Gasteiger partial charge >= 0.3 is 0 Å². The van der Waals surface area contributed by atoms with Crippen LogP contribution in [-0.2, 0) is 0 Å². The Morgan fingerprint density at radius 2 is 1.89 bits per heavy atom. The number of hydrogen-bond donors (Lipinski definition) is 1. The number of rotatable bonds is 2. The molecule has 1 heterocycles. The fraction of sp³-hybridized carbons (Fsp3) is 0.471. The minimum Gasteiger partial charge on any atom is -0.324 e. The highest BCUT2D eigenvalue weighted by atomic mass is 14.7. The van der Waals surface area contributed by atoms with E-state index in [0.29, 0.717) is 0 Å². The number of nitrogens with two attached hydrogens (primary N) is 1. The molecule has 2 saturated carbocycles. The highest BCUT2D eigenvalue weighted by molar-refractivity contribution is 5.79. The third kappa shape index (κ3) is 1.86. The van der Waals surface area contributed by atoms with E-state index in [4.69, 9.17) is 5.73 Å². The summed E-state index contributed by atoms with van der Waals surface area (Å²) in [4.78, 5) is 4.37. The fourth-order valence-electron chi connectivity index (χ4n) is 4.10. The van der Waals surface area contributed by atoms with Gasteiger partial charge in [0.25, 0.3) is 0 Å². The van der Waals surface area contributed by atoms with E-state index in [1.54, 1.807) is 0 Å². The van der Waals surface area contributed by atoms with Crippen LogP contribution in [0.25, 0.3) is 10.9 Å². The predicted molar refractivity (Wildman–Crippen MR) is 77.6 cm³/mol. The molecule has 0 amide bonds. The first kappa shape index (κ1) is 11.4. The van der Waals surface area contributed by atoms with Crippen molar-refractivity contribution in [3.05, 3.63) is 42.1 Å². The molecule has 4 rings (SSSR count). The monoisotopic (exact) mass is 252 g/mol. The summed E-state index contributed by atoms with van der Waals surface area (Å²) in [6.45, 7) is 0. The van der Waals surface area contributed by atoms with Crippen LogP contribution in [0.2, 0.25) is 0 Å². The topological polar surface area (TPSA) is 38.9 Å². The lowest BCUT2D eigenvalue weighted by Crippen LogP contribution is -2.14. The van der Waals surface area contributed by atoms with Crippen molar-refractivity contribution in [1.29, 1.82) is 0 Å². The van der Waals surface area contributed by atoms with Crippen molar-refractivity contribution in [2.75, 3.05) is 0 Å². The molecular weight excluding hydrogens is 232 g/mol. The van der Waals surface area contributed by atoms with Gasteiger partial charge in [0, 0.05) is 17.6 Å². The van der Waals surface area contributed by atoms with Crippen LogP contribution in [0.1, 0.15) is 37.3 Å². The van der Waals surface area contributed by atoms with Crippen LogP contribution in [0.15, 0.2) is 36.5 Å². The summed E-state index contributed by atoms with van der Waals surface area (Å²) in [5, 5.41) is 1.21. The Morgan fingerprint density at radius 3 is 2.68 bits per heavy atom. The van der Waals surface area contributed by atoms with Gasteiger partial charge in [-0.3, -0.25) is 4.98 Å². The van der Waals surface area contributed by atoms with Crippen molar-refractivity contribution in [1.82, 2.24) is 4.98 Å². The van der Waals surface area contributed by atoms with Gasteiger partial charge in [0.15, 0.2) is 0 Å². The molecule has 0 bridgehead atoms. The van der Waals surface area contributed by atoms with Crippen molar-refractivity contribution < 1.29 is 0 Å². The Bertz CT molecular complexity index is 595. The number of aromatic nitrogens is 1. The van der Waals surface area contributed by atoms with E-state index in [2.05, 4.69) is 29.2 Å². The molecule has 0 aliphatic heterocycles. The predicted octanol–water partition coefficient (Wildman–Crippen LogP) is 3.67. The van der Waals surface area contributed by atoms with E-state index in [-0.39, 0.29) is 6.04 Å². The van der Waals surface area contributed by atoms with E-state index < -0.39 is 0 Å². The molecule has 2 aliphatic rings. The first-order valence-electron chi connectivity index (χ1n) is 7.45. The van der Waals surface area contributed by atoms with Gasteiger partial charge in [-0.15, -0.1) is 0 Å². The Balaban J connectivity index is 1.63. The van der Waals surface area contributed by atoms with Crippen LogP contribution in [0.5, 0.6) is 0 Å². The zero-order valence-corrected chi connectivity index (χ0v) is 11.1. The van der Waals surface area contributed by atoms with Crippen LogP contribution in [0, 0.1) is 17.8 Å². The molecule has 98 valence electrons. The maximum Gasteiger partial charge on any atom is 0.0702 e. The minimum absolute atomic E-state index is 0.220. The average Bonchev–Trinajstić information content (AvgIpc) is 3.20. The zero-order valence-electron chi connectivity index (χ0n) is 11.1. The van der Waals surface area contributed by atoms with Crippen LogP contribution in [0.3, 0.4) is 0 Å². The van der Waals surface area contributed by atoms with Crippen molar-refractivity contribution in [3.8, 4) is 0 Å². The highest BCUT2D eigenvalue weighted by Crippen LogP contribution is 2.59. The molecule has 2 aromatic rings. The third-order valence-corrected chi connectivity index (χ3v) is 5.15. The fourth-order valence-corrected chi connectivity index (χ4v) is 4.10. The number of pyridine rings is 1. The molecule has 2 N–H and O–H groups in total. The average molecular weight is 252 g/mol. The molecule has 1 aromatic heterocycles. The van der Waals surface area contributed by atoms with Gasteiger partial charge in [0.2, 0.25) is 0 Å². The third-order valence-electron chi connectivity index (χ3n) is 5.15. The summed E-state index contributed by atoms with van der Waals surface area (Å²) < 4.78 is 0. The minimum atomic E-state index is 0.220. The van der Waals surface area contributed by atoms with Gasteiger partial charge in [-0.25, -0.2) is 0 Å². The van der Waals surface area contributed by atoms with E-state index in [9.17, 15) is 0 Å². The van der Waals surface area contributed by atoms with E-state index in [1.807, 2.05) is 12.3 Å². The summed E-state index contributed by atoms with van der Waals surface area (Å²) in [5.41, 5.74) is 8.88. The summed E-state index contributed by atoms with van der Waals surface area (Å²) in [5.74, 6) is 2.55. The summed E-state index contributed by atoms with van der Waals surface area (Å²) in [6, 6.07) is 10.9. The number of nitrogens with zero attached hydrogens (tertiary/aromatic N) is 1. The van der Waals surface area contributed by atoms with Crippen LogP contribution < -0.4 is 5.73 Å². The molecule has 2 nitrogen and oxygen atoms in total. The quantitative estimate of drug-likeness (QED) is 0.885. The number of benzene rings is 1. The van der Waals surface area contributed by atoms with Gasteiger partial charge in [0.1, 0.15) is 0 Å². The van der Waals surface area contributed by atoms with Gasteiger partial charge in [0.05, 0.1) is 5.52 Å². The number of hydrogen-bond acceptors (Lipinski definition) is 2. The van der Waals surface area contributed by atoms with E-state index in [0.717, 1.165) is 23.3 Å². The van der Waals surface area contributed by atoms with E-state index >= 15 is 0 Å². The first-order valence-corrected chi connectivity index (χ1v) is 7.45. The summed E-state index contributed by atoms with van der Waals surface area (Å²) >= 11 is 0. The lowest BCUT2D eigenvalue weighted by molar-refractivity contribution is 0.480. The first-order chi connectivity index (χ1) is 9.34. The van der Waals surface area contributed by atoms with Crippen LogP contribution in [-0.4, -0.2) is 4.98 Å². The molecule has 1 aromatic carbocycles.